The fourth-order valence-corrected chi connectivity index (χ4v) is 3.27. The molecule has 3 unspecified atom stereocenters. The third-order valence-electron chi connectivity index (χ3n) is 4.56. The highest BCUT2D eigenvalue weighted by Gasteiger charge is 2.54. The summed E-state index contributed by atoms with van der Waals surface area (Å²) in [7, 11) is 0. The Balaban J connectivity index is 1.66. The molecule has 0 aromatic carbocycles. The minimum atomic E-state index is -0.989. The van der Waals surface area contributed by atoms with Crippen LogP contribution >= 0.6 is 0 Å². The maximum atomic E-state index is 12.6. The van der Waals surface area contributed by atoms with Gasteiger partial charge in [0.25, 0.3) is 0 Å². The Morgan fingerprint density at radius 2 is 1.86 bits per heavy atom. The van der Waals surface area contributed by atoms with Gasteiger partial charge < -0.3 is 28.8 Å². The summed E-state index contributed by atoms with van der Waals surface area (Å²) in [4.78, 5) is 12.6. The number of hydrogen-bond acceptors (Lipinski definition) is 7. The number of carbonyl (C=O) groups excluding carboxylic acids is 1. The lowest BCUT2D eigenvalue weighted by atomic mass is 9.81. The van der Waals surface area contributed by atoms with Gasteiger partial charge in [-0.2, -0.15) is 0 Å². The van der Waals surface area contributed by atoms with Gasteiger partial charge in [-0.1, -0.05) is 0 Å². The van der Waals surface area contributed by atoms with E-state index in [1.54, 1.807) is 0 Å². The zero-order chi connectivity index (χ0) is 14.5. The Kier molecular flexibility index (Phi) is 3.01. The van der Waals surface area contributed by atoms with Crippen LogP contribution in [0.1, 0.15) is 25.7 Å². The van der Waals surface area contributed by atoms with Crippen LogP contribution in [0.5, 0.6) is 0 Å². The van der Waals surface area contributed by atoms with Gasteiger partial charge >= 0.3 is 5.97 Å². The molecule has 21 heavy (non-hydrogen) atoms. The monoisotopic (exact) mass is 298 g/mol. The van der Waals surface area contributed by atoms with E-state index in [0.29, 0.717) is 50.4 Å². The molecule has 4 aliphatic heterocycles. The minimum Gasteiger partial charge on any atom is -0.468 e. The summed E-state index contributed by atoms with van der Waals surface area (Å²) in [6.07, 6.45) is 1.30. The third-order valence-corrected chi connectivity index (χ3v) is 4.56. The molecule has 0 amide bonds. The highest BCUT2D eigenvalue weighted by molar-refractivity contribution is 5.92. The van der Waals surface area contributed by atoms with Crippen LogP contribution < -0.4 is 0 Å². The molecule has 116 valence electrons. The molecule has 4 rings (SSSR count). The van der Waals surface area contributed by atoms with E-state index in [2.05, 4.69) is 0 Å². The summed E-state index contributed by atoms with van der Waals surface area (Å²) in [6, 6.07) is 0. The number of aliphatic hydroxyl groups is 1. The van der Waals surface area contributed by atoms with Crippen molar-refractivity contribution in [1.82, 2.24) is 0 Å². The topological polar surface area (TPSA) is 83.5 Å². The maximum absolute atomic E-state index is 12.6. The van der Waals surface area contributed by atoms with Crippen LogP contribution in [0.25, 0.3) is 0 Å². The van der Waals surface area contributed by atoms with E-state index >= 15 is 0 Å². The maximum Gasteiger partial charge on any atom is 0.343 e. The fraction of sp³-hybridized carbons (Fsp3) is 0.786. The summed E-state index contributed by atoms with van der Waals surface area (Å²) in [6.45, 7) is 1.78. The van der Waals surface area contributed by atoms with Crippen LogP contribution in [-0.2, 0) is 28.5 Å². The van der Waals surface area contributed by atoms with Crippen molar-refractivity contribution >= 4 is 5.97 Å². The molecule has 1 N–H and O–H groups in total. The molecule has 3 atom stereocenters. The van der Waals surface area contributed by atoms with E-state index < -0.39 is 23.6 Å². The zero-order valence-corrected chi connectivity index (χ0v) is 11.6. The van der Waals surface area contributed by atoms with Crippen LogP contribution in [0.2, 0.25) is 0 Å². The van der Waals surface area contributed by atoms with Crippen LogP contribution in [0, 0.1) is 0 Å². The van der Waals surface area contributed by atoms with Gasteiger partial charge in [-0.25, -0.2) is 4.79 Å². The van der Waals surface area contributed by atoms with Crippen molar-refractivity contribution in [3.05, 3.63) is 11.3 Å². The zero-order valence-electron chi connectivity index (χ0n) is 11.6. The first kappa shape index (κ1) is 13.5. The first-order valence-corrected chi connectivity index (χ1v) is 7.30. The van der Waals surface area contributed by atoms with Crippen LogP contribution in [0.4, 0.5) is 0 Å². The number of hydrogen-bond donors (Lipinski definition) is 1. The Morgan fingerprint density at radius 3 is 2.43 bits per heavy atom. The van der Waals surface area contributed by atoms with Crippen LogP contribution in [0.15, 0.2) is 11.3 Å². The van der Waals surface area contributed by atoms with Crippen molar-refractivity contribution < 1.29 is 33.6 Å². The lowest BCUT2D eigenvalue weighted by molar-refractivity contribution is -0.249. The molecule has 0 radical (unpaired) electrons. The second-order valence-corrected chi connectivity index (χ2v) is 5.87. The largest absolute Gasteiger partial charge is 0.468 e. The quantitative estimate of drug-likeness (QED) is 0.506. The van der Waals surface area contributed by atoms with E-state index in [4.69, 9.17) is 23.7 Å². The van der Waals surface area contributed by atoms with Gasteiger partial charge in [-0.15, -0.1) is 0 Å². The molecular formula is C14H18O7. The Labute approximate surface area is 121 Å². The summed E-state index contributed by atoms with van der Waals surface area (Å²) in [5.41, 5.74) is -0.276. The number of aliphatic hydroxyl groups excluding tert-OH is 1. The number of carbonyl (C=O) groups is 1. The van der Waals surface area contributed by atoms with Crippen molar-refractivity contribution in [2.75, 3.05) is 26.4 Å². The standard InChI is InChI=1S/C14H18O7/c15-10-7-9(20-10)11-12(16)21-14(3-4-17-8-14)19-6-2-13(11)1-5-18-13/h10,15H,1-8H2/b11-9-. The average Bonchev–Trinajstić information content (AvgIpc) is 2.80. The summed E-state index contributed by atoms with van der Waals surface area (Å²) < 4.78 is 27.6. The molecule has 0 bridgehead atoms. The summed E-state index contributed by atoms with van der Waals surface area (Å²) in [5.74, 6) is -0.999. The molecule has 0 aliphatic carbocycles. The second-order valence-electron chi connectivity index (χ2n) is 5.87. The number of esters is 1. The molecule has 7 nitrogen and oxygen atoms in total. The first-order valence-electron chi connectivity index (χ1n) is 7.30. The lowest BCUT2D eigenvalue weighted by Gasteiger charge is -2.47. The van der Waals surface area contributed by atoms with Gasteiger partial charge in [0.05, 0.1) is 26.2 Å². The Bertz CT molecular complexity index is 480. The molecular weight excluding hydrogens is 280 g/mol. The minimum absolute atomic E-state index is 0.249. The molecule has 4 aliphatic rings. The highest BCUT2D eigenvalue weighted by Crippen LogP contribution is 2.45. The number of rotatable bonds is 0. The van der Waals surface area contributed by atoms with Gasteiger partial charge in [0.2, 0.25) is 12.1 Å². The predicted molar refractivity (Wildman–Crippen MR) is 66.9 cm³/mol. The Morgan fingerprint density at radius 1 is 1.10 bits per heavy atom. The van der Waals surface area contributed by atoms with E-state index in [-0.39, 0.29) is 6.61 Å². The van der Waals surface area contributed by atoms with Crippen LogP contribution in [0.3, 0.4) is 0 Å². The van der Waals surface area contributed by atoms with E-state index in [0.717, 1.165) is 6.42 Å². The predicted octanol–water partition coefficient (Wildman–Crippen LogP) is 0.218. The smallest absolute Gasteiger partial charge is 0.343 e. The normalized spacial score (nSPS) is 46.3. The van der Waals surface area contributed by atoms with Gasteiger partial charge in [0.15, 0.2) is 0 Å². The van der Waals surface area contributed by atoms with Crippen molar-refractivity contribution in [2.45, 2.75) is 43.4 Å². The molecule has 0 saturated carbocycles. The summed E-state index contributed by atoms with van der Waals surface area (Å²) >= 11 is 0. The average molecular weight is 298 g/mol. The van der Waals surface area contributed by atoms with E-state index in [1.165, 1.54) is 0 Å². The summed E-state index contributed by atoms with van der Waals surface area (Å²) in [5, 5.41) is 9.33. The van der Waals surface area contributed by atoms with Gasteiger partial charge in [-0.3, -0.25) is 0 Å². The fourth-order valence-electron chi connectivity index (χ4n) is 3.27. The van der Waals surface area contributed by atoms with Gasteiger partial charge in [0, 0.05) is 19.3 Å². The van der Waals surface area contributed by atoms with Crippen LogP contribution in [-0.4, -0.2) is 55.2 Å². The molecule has 0 aromatic rings. The highest BCUT2D eigenvalue weighted by atomic mass is 16.7. The van der Waals surface area contributed by atoms with Gasteiger partial charge in [0.1, 0.15) is 23.5 Å². The SMILES string of the molecule is O=C1OC2(CCOC2)OCCC2(CCO2)/C1=C1/CC(O)O1. The van der Waals surface area contributed by atoms with Gasteiger partial charge in [-0.05, 0) is 0 Å². The van der Waals surface area contributed by atoms with Crippen molar-refractivity contribution in [1.29, 1.82) is 0 Å². The molecule has 4 heterocycles. The number of ether oxygens (including phenoxy) is 5. The van der Waals surface area contributed by atoms with Crippen molar-refractivity contribution in [3.63, 3.8) is 0 Å². The lowest BCUT2D eigenvalue weighted by Crippen LogP contribution is -2.54. The van der Waals surface area contributed by atoms with Crippen molar-refractivity contribution in [2.24, 2.45) is 0 Å². The first-order chi connectivity index (χ1) is 10.1. The second kappa shape index (κ2) is 4.67. The van der Waals surface area contributed by atoms with E-state index in [1.807, 2.05) is 0 Å². The molecule has 4 fully saturated rings. The molecule has 4 saturated heterocycles. The van der Waals surface area contributed by atoms with E-state index in [9.17, 15) is 9.90 Å². The van der Waals surface area contributed by atoms with Crippen molar-refractivity contribution in [3.8, 4) is 0 Å². The molecule has 0 aromatic heterocycles. The third kappa shape index (κ3) is 2.07. The molecule has 2 spiro atoms. The molecule has 7 heteroatoms. The Hall–Kier alpha value is -1.15.